The molecule has 1 heterocycles. The zero-order valence-corrected chi connectivity index (χ0v) is 15.3. The summed E-state index contributed by atoms with van der Waals surface area (Å²) in [6, 6.07) is 8.41. The van der Waals surface area contributed by atoms with Crippen LogP contribution in [-0.2, 0) is 16.1 Å². The lowest BCUT2D eigenvalue weighted by molar-refractivity contribution is -0.119. The SMILES string of the molecule is CCCCn1nc(C)c(C(=O)OCC(=O)Nc2cccc(C#N)c2)c1Cl. The Bertz CT molecular complexity index is 855. The van der Waals surface area contributed by atoms with Gasteiger partial charge in [-0.15, -0.1) is 0 Å². The number of benzene rings is 1. The molecule has 0 radical (unpaired) electrons. The number of halogens is 1. The lowest BCUT2D eigenvalue weighted by Crippen LogP contribution is -2.21. The Balaban J connectivity index is 1.97. The fraction of sp³-hybridized carbons (Fsp3) is 0.333. The molecule has 1 aromatic heterocycles. The van der Waals surface area contributed by atoms with Crippen LogP contribution in [0.4, 0.5) is 5.69 Å². The number of ether oxygens (including phenoxy) is 1. The molecular formula is C18H19ClN4O3. The van der Waals surface area contributed by atoms with E-state index in [0.29, 0.717) is 23.5 Å². The van der Waals surface area contributed by atoms with E-state index >= 15 is 0 Å². The van der Waals surface area contributed by atoms with Gasteiger partial charge in [0.1, 0.15) is 10.7 Å². The van der Waals surface area contributed by atoms with Gasteiger partial charge in [-0.3, -0.25) is 9.48 Å². The molecule has 0 fully saturated rings. The Morgan fingerprint density at radius 2 is 2.19 bits per heavy atom. The number of aryl methyl sites for hydroxylation is 2. The monoisotopic (exact) mass is 374 g/mol. The molecule has 7 nitrogen and oxygen atoms in total. The van der Waals surface area contributed by atoms with E-state index in [1.165, 1.54) is 6.07 Å². The van der Waals surface area contributed by atoms with Gasteiger partial charge in [0.15, 0.2) is 6.61 Å². The number of hydrogen-bond donors (Lipinski definition) is 1. The molecule has 2 rings (SSSR count). The summed E-state index contributed by atoms with van der Waals surface area (Å²) in [7, 11) is 0. The third-order valence-electron chi connectivity index (χ3n) is 3.60. The highest BCUT2D eigenvalue weighted by molar-refractivity contribution is 6.32. The Labute approximate surface area is 156 Å². The summed E-state index contributed by atoms with van der Waals surface area (Å²) in [6.07, 6.45) is 1.86. The molecule has 1 aromatic carbocycles. The predicted octanol–water partition coefficient (Wildman–Crippen LogP) is 3.31. The summed E-state index contributed by atoms with van der Waals surface area (Å²) in [5.74, 6) is -1.21. The van der Waals surface area contributed by atoms with E-state index in [1.54, 1.807) is 29.8 Å². The van der Waals surface area contributed by atoms with E-state index in [9.17, 15) is 9.59 Å². The maximum absolute atomic E-state index is 12.2. The highest BCUT2D eigenvalue weighted by atomic mass is 35.5. The van der Waals surface area contributed by atoms with Crippen molar-refractivity contribution in [2.75, 3.05) is 11.9 Å². The molecule has 0 saturated carbocycles. The normalized spacial score (nSPS) is 10.2. The van der Waals surface area contributed by atoms with Crippen molar-refractivity contribution in [1.82, 2.24) is 9.78 Å². The Hall–Kier alpha value is -2.85. The van der Waals surface area contributed by atoms with Gasteiger partial charge in [-0.1, -0.05) is 31.0 Å². The van der Waals surface area contributed by atoms with Crippen molar-refractivity contribution in [3.05, 3.63) is 46.2 Å². The molecule has 136 valence electrons. The van der Waals surface area contributed by atoms with Crippen molar-refractivity contribution in [2.45, 2.75) is 33.2 Å². The summed E-state index contributed by atoms with van der Waals surface area (Å²) in [5, 5.41) is 15.9. The number of rotatable bonds is 7. The summed E-state index contributed by atoms with van der Waals surface area (Å²) in [4.78, 5) is 24.2. The van der Waals surface area contributed by atoms with Crippen LogP contribution in [0.15, 0.2) is 24.3 Å². The average molecular weight is 375 g/mol. The first-order chi connectivity index (χ1) is 12.5. The van der Waals surface area contributed by atoms with Crippen molar-refractivity contribution in [3.8, 4) is 6.07 Å². The van der Waals surface area contributed by atoms with Gasteiger partial charge in [-0.2, -0.15) is 10.4 Å². The van der Waals surface area contributed by atoms with Crippen molar-refractivity contribution in [1.29, 1.82) is 5.26 Å². The van der Waals surface area contributed by atoms with Crippen LogP contribution in [0.2, 0.25) is 5.15 Å². The maximum atomic E-state index is 12.2. The summed E-state index contributed by atoms with van der Waals surface area (Å²) >= 11 is 6.21. The van der Waals surface area contributed by atoms with Crippen LogP contribution in [0.3, 0.4) is 0 Å². The molecule has 0 saturated heterocycles. The Morgan fingerprint density at radius 1 is 1.42 bits per heavy atom. The first-order valence-corrected chi connectivity index (χ1v) is 8.54. The van der Waals surface area contributed by atoms with E-state index in [-0.39, 0.29) is 10.7 Å². The minimum absolute atomic E-state index is 0.169. The molecule has 8 heteroatoms. The van der Waals surface area contributed by atoms with Crippen LogP contribution in [-0.4, -0.2) is 28.3 Å². The fourth-order valence-electron chi connectivity index (χ4n) is 2.31. The van der Waals surface area contributed by atoms with Gasteiger partial charge in [0, 0.05) is 12.2 Å². The second kappa shape index (κ2) is 9.02. The van der Waals surface area contributed by atoms with Crippen molar-refractivity contribution in [3.63, 3.8) is 0 Å². The first kappa shape index (κ1) is 19.5. The van der Waals surface area contributed by atoms with Crippen LogP contribution in [0.25, 0.3) is 0 Å². The molecule has 0 unspecified atom stereocenters. The molecule has 1 N–H and O–H groups in total. The molecule has 0 aliphatic heterocycles. The van der Waals surface area contributed by atoms with Crippen LogP contribution < -0.4 is 5.32 Å². The van der Waals surface area contributed by atoms with E-state index in [4.69, 9.17) is 21.6 Å². The van der Waals surface area contributed by atoms with Gasteiger partial charge in [0.05, 0.1) is 17.3 Å². The molecule has 2 aromatic rings. The van der Waals surface area contributed by atoms with E-state index in [2.05, 4.69) is 10.4 Å². The average Bonchev–Trinajstić information content (AvgIpc) is 2.91. The van der Waals surface area contributed by atoms with Crippen molar-refractivity contribution >= 4 is 29.2 Å². The molecule has 0 aliphatic rings. The lowest BCUT2D eigenvalue weighted by atomic mass is 10.2. The van der Waals surface area contributed by atoms with Gasteiger partial charge in [0.2, 0.25) is 0 Å². The summed E-state index contributed by atoms with van der Waals surface area (Å²) < 4.78 is 6.60. The zero-order chi connectivity index (χ0) is 19.1. The number of nitrogens with one attached hydrogen (secondary N) is 1. The molecular weight excluding hydrogens is 356 g/mol. The van der Waals surface area contributed by atoms with Crippen LogP contribution in [0.1, 0.15) is 41.4 Å². The molecule has 1 amide bonds. The number of nitrogens with zero attached hydrogens (tertiary/aromatic N) is 3. The third kappa shape index (κ3) is 4.83. The predicted molar refractivity (Wildman–Crippen MR) is 97.0 cm³/mol. The van der Waals surface area contributed by atoms with Gasteiger partial charge >= 0.3 is 5.97 Å². The van der Waals surface area contributed by atoms with Gasteiger partial charge in [0.25, 0.3) is 5.91 Å². The fourth-order valence-corrected chi connectivity index (χ4v) is 2.64. The third-order valence-corrected chi connectivity index (χ3v) is 3.99. The van der Waals surface area contributed by atoms with Crippen LogP contribution in [0.5, 0.6) is 0 Å². The number of anilines is 1. The topological polar surface area (TPSA) is 97.0 Å². The molecule has 0 atom stereocenters. The first-order valence-electron chi connectivity index (χ1n) is 8.16. The highest BCUT2D eigenvalue weighted by Gasteiger charge is 2.22. The number of hydrogen-bond acceptors (Lipinski definition) is 5. The number of carbonyl (C=O) groups is 2. The second-order valence-electron chi connectivity index (χ2n) is 5.64. The number of carbonyl (C=O) groups excluding carboxylic acids is 2. The van der Waals surface area contributed by atoms with Crippen molar-refractivity contribution < 1.29 is 14.3 Å². The Morgan fingerprint density at radius 3 is 2.88 bits per heavy atom. The van der Waals surface area contributed by atoms with E-state index in [1.807, 2.05) is 13.0 Å². The van der Waals surface area contributed by atoms with Crippen LogP contribution in [0, 0.1) is 18.3 Å². The standard InChI is InChI=1S/C18H19ClN4O3/c1-3-4-8-23-17(19)16(12(2)22-23)18(25)26-11-15(24)21-14-7-5-6-13(9-14)10-20/h5-7,9H,3-4,8,11H2,1-2H3,(H,21,24). The molecule has 0 bridgehead atoms. The van der Waals surface area contributed by atoms with E-state index < -0.39 is 18.5 Å². The summed E-state index contributed by atoms with van der Waals surface area (Å²) in [5.41, 5.74) is 1.49. The minimum atomic E-state index is -0.698. The second-order valence-corrected chi connectivity index (χ2v) is 6.00. The number of nitriles is 1. The largest absolute Gasteiger partial charge is 0.452 e. The zero-order valence-electron chi connectivity index (χ0n) is 14.6. The van der Waals surface area contributed by atoms with Crippen LogP contribution >= 0.6 is 11.6 Å². The van der Waals surface area contributed by atoms with Gasteiger partial charge in [-0.05, 0) is 31.5 Å². The lowest BCUT2D eigenvalue weighted by Gasteiger charge is -2.07. The van der Waals surface area contributed by atoms with Crippen molar-refractivity contribution in [2.24, 2.45) is 0 Å². The summed E-state index contributed by atoms with van der Waals surface area (Å²) in [6.45, 7) is 3.85. The number of amides is 1. The van der Waals surface area contributed by atoms with E-state index in [0.717, 1.165) is 12.8 Å². The minimum Gasteiger partial charge on any atom is -0.452 e. The van der Waals surface area contributed by atoms with Gasteiger partial charge < -0.3 is 10.1 Å². The Kier molecular flexibility index (Phi) is 6.75. The smallest absolute Gasteiger partial charge is 0.343 e. The quantitative estimate of drug-likeness (QED) is 0.750. The van der Waals surface area contributed by atoms with Gasteiger partial charge in [-0.25, -0.2) is 4.79 Å². The maximum Gasteiger partial charge on any atom is 0.343 e. The molecule has 26 heavy (non-hydrogen) atoms. The number of esters is 1. The highest BCUT2D eigenvalue weighted by Crippen LogP contribution is 2.21. The number of aromatic nitrogens is 2. The molecule has 0 spiro atoms. The molecule has 0 aliphatic carbocycles. The number of unbranched alkanes of at least 4 members (excludes halogenated alkanes) is 1.